The summed E-state index contributed by atoms with van der Waals surface area (Å²) in [6.07, 6.45) is 0. The van der Waals surface area contributed by atoms with Gasteiger partial charge in [-0.2, -0.15) is 0 Å². The van der Waals surface area contributed by atoms with Crippen LogP contribution in [0.15, 0.2) is 60.0 Å². The normalized spacial score (nSPS) is 20.1. The van der Waals surface area contributed by atoms with Gasteiger partial charge in [0.05, 0.1) is 5.69 Å². The Morgan fingerprint density at radius 3 is 2.54 bits per heavy atom. The lowest BCUT2D eigenvalue weighted by Crippen LogP contribution is -2.28. The molecule has 136 valence electrons. The van der Waals surface area contributed by atoms with Crippen LogP contribution in [0.2, 0.25) is 0 Å². The van der Waals surface area contributed by atoms with Crippen molar-refractivity contribution in [1.82, 2.24) is 9.88 Å². The first-order valence-corrected chi connectivity index (χ1v) is 9.61. The summed E-state index contributed by atoms with van der Waals surface area (Å²) in [5.74, 6) is 0.413. The molecule has 0 aliphatic carbocycles. The summed E-state index contributed by atoms with van der Waals surface area (Å²) in [4.78, 5) is 7.26. The summed E-state index contributed by atoms with van der Waals surface area (Å²) in [7, 11) is 0. The fraction of sp³-hybridized carbons (Fsp3) is 0.286. The van der Waals surface area contributed by atoms with Gasteiger partial charge >= 0.3 is 0 Å². The monoisotopic (exact) mass is 385 g/mol. The van der Waals surface area contributed by atoms with Crippen LogP contribution in [0.5, 0.6) is 0 Å². The van der Waals surface area contributed by atoms with Crippen LogP contribution in [-0.2, 0) is 6.54 Å². The van der Waals surface area contributed by atoms with E-state index in [1.807, 2.05) is 0 Å². The van der Waals surface area contributed by atoms with Gasteiger partial charge in [-0.25, -0.2) is 4.98 Å². The van der Waals surface area contributed by atoms with Gasteiger partial charge in [-0.1, -0.05) is 60.2 Å². The highest BCUT2D eigenvalue weighted by molar-refractivity contribution is 7.13. The second kappa shape index (κ2) is 8.31. The van der Waals surface area contributed by atoms with Gasteiger partial charge in [-0.3, -0.25) is 4.90 Å². The Hall–Kier alpha value is -1.72. The van der Waals surface area contributed by atoms with Gasteiger partial charge in [-0.15, -0.1) is 23.7 Å². The van der Waals surface area contributed by atoms with Crippen molar-refractivity contribution in [1.29, 1.82) is 0 Å². The zero-order valence-corrected chi connectivity index (χ0v) is 16.5. The van der Waals surface area contributed by atoms with Crippen molar-refractivity contribution in [2.45, 2.75) is 25.4 Å². The summed E-state index contributed by atoms with van der Waals surface area (Å²) < 4.78 is 0. The molecular weight excluding hydrogens is 362 g/mol. The second-order valence-electron chi connectivity index (χ2n) is 6.89. The number of halogens is 1. The molecule has 1 saturated heterocycles. The van der Waals surface area contributed by atoms with Crippen molar-refractivity contribution in [2.24, 2.45) is 5.73 Å². The molecule has 2 N–H and O–H groups in total. The topological polar surface area (TPSA) is 42.2 Å². The zero-order chi connectivity index (χ0) is 17.2. The summed E-state index contributed by atoms with van der Waals surface area (Å²) in [5.41, 5.74) is 11.4. The van der Waals surface area contributed by atoms with E-state index in [1.165, 1.54) is 16.7 Å². The average Bonchev–Trinajstić information content (AvgIpc) is 3.23. The maximum atomic E-state index is 6.41. The molecule has 1 aliphatic heterocycles. The molecule has 3 nitrogen and oxygen atoms in total. The summed E-state index contributed by atoms with van der Waals surface area (Å²) in [5, 5.41) is 3.27. The summed E-state index contributed by atoms with van der Waals surface area (Å²) in [6.45, 7) is 4.91. The molecule has 4 rings (SSSR count). The summed E-state index contributed by atoms with van der Waals surface area (Å²) >= 11 is 1.72. The Bertz CT molecular complexity index is 832. The number of thiazole rings is 1. The highest BCUT2D eigenvalue weighted by atomic mass is 35.5. The smallest absolute Gasteiger partial charge is 0.123 e. The molecule has 0 amide bonds. The van der Waals surface area contributed by atoms with E-state index >= 15 is 0 Å². The summed E-state index contributed by atoms with van der Waals surface area (Å²) in [6, 6.07) is 19.4. The molecule has 1 aliphatic rings. The third kappa shape index (κ3) is 4.15. The van der Waals surface area contributed by atoms with E-state index in [2.05, 4.69) is 71.8 Å². The van der Waals surface area contributed by atoms with Crippen molar-refractivity contribution >= 4 is 23.7 Å². The number of aryl methyl sites for hydroxylation is 1. The molecule has 0 saturated carbocycles. The molecule has 0 spiro atoms. The van der Waals surface area contributed by atoms with E-state index in [-0.39, 0.29) is 18.4 Å². The minimum atomic E-state index is 0. The number of likely N-dealkylation sites (tertiary alicyclic amines) is 1. The molecule has 2 aromatic carbocycles. The number of rotatable bonds is 4. The lowest BCUT2D eigenvalue weighted by molar-refractivity contribution is 0.320. The van der Waals surface area contributed by atoms with Crippen molar-refractivity contribution in [3.8, 4) is 10.6 Å². The van der Waals surface area contributed by atoms with Gasteiger partial charge in [-0.05, 0) is 12.5 Å². The van der Waals surface area contributed by atoms with Crippen LogP contribution >= 0.6 is 23.7 Å². The first-order chi connectivity index (χ1) is 12.2. The fourth-order valence-corrected chi connectivity index (χ4v) is 4.35. The van der Waals surface area contributed by atoms with Gasteiger partial charge in [0.1, 0.15) is 5.01 Å². The molecule has 1 aromatic heterocycles. The Labute approximate surface area is 165 Å². The van der Waals surface area contributed by atoms with Crippen molar-refractivity contribution in [3.63, 3.8) is 0 Å². The standard InChI is InChI=1S/C21H23N3S.ClH/c1-15-7-9-17(10-8-15)21-23-18(14-25-21)11-24-12-19(20(22)13-24)16-5-3-2-4-6-16;/h2-10,14,19-20H,11-13,22H2,1H3;1H/t19-,20+;/m0./s1. The van der Waals surface area contributed by atoms with Crippen molar-refractivity contribution in [3.05, 3.63) is 76.8 Å². The number of hydrogen-bond donors (Lipinski definition) is 1. The van der Waals surface area contributed by atoms with Crippen LogP contribution in [-0.4, -0.2) is 29.0 Å². The van der Waals surface area contributed by atoms with Crippen LogP contribution < -0.4 is 5.73 Å². The highest BCUT2D eigenvalue weighted by Gasteiger charge is 2.31. The first kappa shape index (κ1) is 19.1. The Morgan fingerprint density at radius 1 is 1.08 bits per heavy atom. The highest BCUT2D eigenvalue weighted by Crippen LogP contribution is 2.29. The quantitative estimate of drug-likeness (QED) is 0.720. The first-order valence-electron chi connectivity index (χ1n) is 8.73. The maximum Gasteiger partial charge on any atom is 0.123 e. The molecule has 3 aromatic rings. The number of nitrogens with two attached hydrogens (primary N) is 1. The predicted octanol–water partition coefficient (Wildman–Crippen LogP) is 4.47. The molecule has 0 unspecified atom stereocenters. The van der Waals surface area contributed by atoms with E-state index in [0.29, 0.717) is 5.92 Å². The molecule has 0 radical (unpaired) electrons. The van der Waals surface area contributed by atoms with Gasteiger partial charge < -0.3 is 5.73 Å². The van der Waals surface area contributed by atoms with Gasteiger partial charge in [0.15, 0.2) is 0 Å². The van der Waals surface area contributed by atoms with Crippen LogP contribution in [0.25, 0.3) is 10.6 Å². The second-order valence-corrected chi connectivity index (χ2v) is 7.74. The maximum absolute atomic E-state index is 6.41. The molecule has 26 heavy (non-hydrogen) atoms. The third-order valence-corrected chi connectivity index (χ3v) is 5.84. The van der Waals surface area contributed by atoms with Crippen LogP contribution in [0.3, 0.4) is 0 Å². The van der Waals surface area contributed by atoms with Gasteiger partial charge in [0.25, 0.3) is 0 Å². The lowest BCUT2D eigenvalue weighted by atomic mass is 9.95. The Balaban J connectivity index is 0.00000196. The van der Waals surface area contributed by atoms with E-state index < -0.39 is 0 Å². The number of hydrogen-bond acceptors (Lipinski definition) is 4. The van der Waals surface area contributed by atoms with Crippen LogP contribution in [0.4, 0.5) is 0 Å². The third-order valence-electron chi connectivity index (χ3n) is 4.90. The van der Waals surface area contributed by atoms with Crippen LogP contribution in [0, 0.1) is 6.92 Å². The fourth-order valence-electron chi connectivity index (χ4n) is 3.53. The minimum Gasteiger partial charge on any atom is -0.326 e. The molecular formula is C21H24ClN3S. The average molecular weight is 386 g/mol. The molecule has 2 heterocycles. The van der Waals surface area contributed by atoms with Gasteiger partial charge in [0.2, 0.25) is 0 Å². The van der Waals surface area contributed by atoms with Crippen molar-refractivity contribution < 1.29 is 0 Å². The van der Waals surface area contributed by atoms with E-state index in [4.69, 9.17) is 10.7 Å². The van der Waals surface area contributed by atoms with E-state index in [0.717, 1.165) is 30.3 Å². The molecule has 2 atom stereocenters. The van der Waals surface area contributed by atoms with E-state index in [1.54, 1.807) is 11.3 Å². The van der Waals surface area contributed by atoms with Gasteiger partial charge in [0, 0.05) is 42.5 Å². The van der Waals surface area contributed by atoms with Crippen molar-refractivity contribution in [2.75, 3.05) is 13.1 Å². The van der Waals surface area contributed by atoms with Crippen LogP contribution in [0.1, 0.15) is 22.7 Å². The number of aromatic nitrogens is 1. The SMILES string of the molecule is Cc1ccc(-c2nc(CN3C[C@@H](N)[C@H](c4ccccc4)C3)cs2)cc1.Cl. The Kier molecular flexibility index (Phi) is 6.09. The minimum absolute atomic E-state index is 0. The number of benzene rings is 2. The lowest BCUT2D eigenvalue weighted by Gasteiger charge is -2.15. The molecule has 0 bridgehead atoms. The Morgan fingerprint density at radius 2 is 1.81 bits per heavy atom. The number of nitrogens with zero attached hydrogens (tertiary/aromatic N) is 2. The zero-order valence-electron chi connectivity index (χ0n) is 14.8. The molecule has 5 heteroatoms. The molecule has 1 fully saturated rings. The van der Waals surface area contributed by atoms with E-state index in [9.17, 15) is 0 Å². The largest absolute Gasteiger partial charge is 0.326 e. The predicted molar refractivity (Wildman–Crippen MR) is 112 cm³/mol.